The second-order valence-electron chi connectivity index (χ2n) is 5.04. The highest BCUT2D eigenvalue weighted by Crippen LogP contribution is 2.38. The van der Waals surface area contributed by atoms with Crippen molar-refractivity contribution in [2.24, 2.45) is 5.73 Å². The van der Waals surface area contributed by atoms with Gasteiger partial charge in [-0.1, -0.05) is 0 Å². The smallest absolute Gasteiger partial charge is 0.153 e. The molecule has 0 aliphatic heterocycles. The minimum absolute atomic E-state index is 0.168. The fraction of sp³-hybridized carbons (Fsp3) is 1.00. The lowest BCUT2D eigenvalue weighted by atomic mass is 10.0. The molecule has 0 amide bonds. The van der Waals surface area contributed by atoms with Crippen molar-refractivity contribution in [1.82, 2.24) is 0 Å². The Morgan fingerprint density at radius 2 is 2.12 bits per heavy atom. The largest absolute Gasteiger partial charge is 0.391 e. The monoisotopic (exact) mass is 265 g/mol. The van der Waals surface area contributed by atoms with Gasteiger partial charge in [0.1, 0.15) is 0 Å². The molecular formula is C11H23NO4S. The van der Waals surface area contributed by atoms with Crippen LogP contribution in [0.4, 0.5) is 0 Å². The van der Waals surface area contributed by atoms with E-state index in [4.69, 9.17) is 10.5 Å². The van der Waals surface area contributed by atoms with E-state index in [2.05, 4.69) is 0 Å². The van der Waals surface area contributed by atoms with E-state index in [9.17, 15) is 13.5 Å². The van der Waals surface area contributed by atoms with Gasteiger partial charge in [0.2, 0.25) is 0 Å². The van der Waals surface area contributed by atoms with Crippen LogP contribution in [0.5, 0.6) is 0 Å². The Morgan fingerprint density at radius 1 is 1.53 bits per heavy atom. The van der Waals surface area contributed by atoms with Crippen molar-refractivity contribution in [2.45, 2.75) is 56.2 Å². The number of hydrogen-bond acceptors (Lipinski definition) is 5. The van der Waals surface area contributed by atoms with Crippen LogP contribution in [-0.4, -0.2) is 49.4 Å². The van der Waals surface area contributed by atoms with Crippen molar-refractivity contribution in [3.8, 4) is 0 Å². The second-order valence-corrected chi connectivity index (χ2v) is 7.27. The van der Waals surface area contributed by atoms with Gasteiger partial charge in [-0.25, -0.2) is 8.42 Å². The SMILES string of the molecule is CC(O)C(C)OC1(CN)CCCC1S(C)(=O)=O. The predicted molar refractivity (Wildman–Crippen MR) is 66.5 cm³/mol. The molecule has 4 atom stereocenters. The first-order valence-electron chi connectivity index (χ1n) is 5.98. The fourth-order valence-electron chi connectivity index (χ4n) is 2.50. The van der Waals surface area contributed by atoms with Gasteiger partial charge in [0.05, 0.1) is 23.1 Å². The lowest BCUT2D eigenvalue weighted by Gasteiger charge is -2.36. The number of hydrogen-bond donors (Lipinski definition) is 2. The minimum Gasteiger partial charge on any atom is -0.391 e. The summed E-state index contributed by atoms with van der Waals surface area (Å²) in [6, 6.07) is 0. The number of aliphatic hydroxyl groups is 1. The van der Waals surface area contributed by atoms with E-state index in [0.717, 1.165) is 6.42 Å². The molecule has 1 aliphatic rings. The quantitative estimate of drug-likeness (QED) is 0.734. The van der Waals surface area contributed by atoms with E-state index in [1.165, 1.54) is 6.26 Å². The number of nitrogens with two attached hydrogens (primary N) is 1. The summed E-state index contributed by atoms with van der Waals surface area (Å²) in [5.41, 5.74) is 4.90. The summed E-state index contributed by atoms with van der Waals surface area (Å²) in [7, 11) is -3.18. The number of sulfone groups is 1. The Kier molecular flexibility index (Phi) is 4.57. The van der Waals surface area contributed by atoms with Gasteiger partial charge < -0.3 is 15.6 Å². The van der Waals surface area contributed by atoms with E-state index < -0.39 is 32.9 Å². The van der Waals surface area contributed by atoms with Gasteiger partial charge in [0.15, 0.2) is 9.84 Å². The van der Waals surface area contributed by atoms with E-state index in [1.54, 1.807) is 13.8 Å². The van der Waals surface area contributed by atoms with Crippen molar-refractivity contribution in [1.29, 1.82) is 0 Å². The molecule has 0 radical (unpaired) electrons. The Balaban J connectivity index is 2.94. The third kappa shape index (κ3) is 3.19. The summed E-state index contributed by atoms with van der Waals surface area (Å²) in [4.78, 5) is 0. The van der Waals surface area contributed by atoms with E-state index in [0.29, 0.717) is 12.8 Å². The maximum atomic E-state index is 11.8. The van der Waals surface area contributed by atoms with Crippen molar-refractivity contribution in [2.75, 3.05) is 12.8 Å². The van der Waals surface area contributed by atoms with Crippen LogP contribution < -0.4 is 5.73 Å². The molecule has 3 N–H and O–H groups in total. The Hall–Kier alpha value is -0.170. The molecule has 0 aromatic heterocycles. The maximum absolute atomic E-state index is 11.8. The topological polar surface area (TPSA) is 89.6 Å². The lowest BCUT2D eigenvalue weighted by molar-refractivity contribution is -0.114. The number of aliphatic hydroxyl groups excluding tert-OH is 1. The molecule has 1 aliphatic carbocycles. The number of ether oxygens (including phenoxy) is 1. The highest BCUT2D eigenvalue weighted by atomic mass is 32.2. The first-order chi connectivity index (χ1) is 7.73. The Labute approximate surface area is 103 Å². The molecule has 1 rings (SSSR count). The zero-order chi connectivity index (χ0) is 13.3. The maximum Gasteiger partial charge on any atom is 0.153 e. The molecule has 1 fully saturated rings. The van der Waals surface area contributed by atoms with Crippen LogP contribution in [0.25, 0.3) is 0 Å². The van der Waals surface area contributed by atoms with Crippen LogP contribution in [0.3, 0.4) is 0 Å². The van der Waals surface area contributed by atoms with Gasteiger partial charge >= 0.3 is 0 Å². The molecule has 6 heteroatoms. The highest BCUT2D eigenvalue weighted by Gasteiger charge is 2.49. The number of rotatable bonds is 5. The van der Waals surface area contributed by atoms with Crippen LogP contribution >= 0.6 is 0 Å². The minimum atomic E-state index is -3.18. The molecule has 17 heavy (non-hydrogen) atoms. The fourth-order valence-corrected chi connectivity index (χ4v) is 4.14. The Morgan fingerprint density at radius 3 is 2.53 bits per heavy atom. The molecule has 0 saturated heterocycles. The molecule has 0 aromatic rings. The van der Waals surface area contributed by atoms with E-state index in [-0.39, 0.29) is 6.54 Å². The van der Waals surface area contributed by atoms with Gasteiger partial charge in [-0.05, 0) is 33.1 Å². The van der Waals surface area contributed by atoms with Gasteiger partial charge in [-0.2, -0.15) is 0 Å². The Bertz CT molecular complexity index is 354. The third-order valence-corrected chi connectivity index (χ3v) is 5.31. The summed E-state index contributed by atoms with van der Waals surface area (Å²) < 4.78 is 29.3. The normalized spacial score (nSPS) is 33.6. The summed E-state index contributed by atoms with van der Waals surface area (Å²) in [5.74, 6) is 0. The van der Waals surface area contributed by atoms with Crippen LogP contribution in [-0.2, 0) is 14.6 Å². The van der Waals surface area contributed by atoms with Crippen molar-refractivity contribution >= 4 is 9.84 Å². The molecule has 0 bridgehead atoms. The zero-order valence-corrected chi connectivity index (χ0v) is 11.5. The zero-order valence-electron chi connectivity index (χ0n) is 10.7. The summed E-state index contributed by atoms with van der Waals surface area (Å²) in [5, 5.41) is 8.91. The summed E-state index contributed by atoms with van der Waals surface area (Å²) in [6.07, 6.45) is 2.19. The average Bonchev–Trinajstić information content (AvgIpc) is 2.61. The molecule has 4 unspecified atom stereocenters. The van der Waals surface area contributed by atoms with Crippen LogP contribution in [0.1, 0.15) is 33.1 Å². The van der Waals surface area contributed by atoms with Gasteiger partial charge in [-0.3, -0.25) is 0 Å². The van der Waals surface area contributed by atoms with Gasteiger partial charge in [0, 0.05) is 12.8 Å². The van der Waals surface area contributed by atoms with E-state index in [1.807, 2.05) is 0 Å². The van der Waals surface area contributed by atoms with Crippen molar-refractivity contribution < 1.29 is 18.3 Å². The van der Waals surface area contributed by atoms with Crippen LogP contribution in [0, 0.1) is 0 Å². The second kappa shape index (κ2) is 5.22. The standard InChI is InChI=1S/C11H23NO4S/c1-8(13)9(2)16-11(7-12)6-4-5-10(11)17(3,14)15/h8-10,13H,4-7,12H2,1-3H3. The van der Waals surface area contributed by atoms with Gasteiger partial charge in [-0.15, -0.1) is 0 Å². The van der Waals surface area contributed by atoms with Gasteiger partial charge in [0.25, 0.3) is 0 Å². The lowest BCUT2D eigenvalue weighted by Crippen LogP contribution is -2.53. The molecule has 5 nitrogen and oxygen atoms in total. The molecule has 1 saturated carbocycles. The molecule has 0 aromatic carbocycles. The molecule has 102 valence electrons. The third-order valence-electron chi connectivity index (χ3n) is 3.62. The molecular weight excluding hydrogens is 242 g/mol. The summed E-state index contributed by atoms with van der Waals surface area (Å²) in [6.45, 7) is 3.53. The first-order valence-corrected chi connectivity index (χ1v) is 7.93. The van der Waals surface area contributed by atoms with Crippen LogP contribution in [0.2, 0.25) is 0 Å². The highest BCUT2D eigenvalue weighted by molar-refractivity contribution is 7.91. The summed E-state index contributed by atoms with van der Waals surface area (Å²) >= 11 is 0. The van der Waals surface area contributed by atoms with Crippen LogP contribution in [0.15, 0.2) is 0 Å². The average molecular weight is 265 g/mol. The van der Waals surface area contributed by atoms with E-state index >= 15 is 0 Å². The first kappa shape index (κ1) is 14.9. The van der Waals surface area contributed by atoms with Crippen molar-refractivity contribution in [3.05, 3.63) is 0 Å². The predicted octanol–water partition coefficient (Wildman–Crippen LogP) is 0.0669. The molecule has 0 spiro atoms. The molecule has 0 heterocycles. The van der Waals surface area contributed by atoms with Crippen molar-refractivity contribution in [3.63, 3.8) is 0 Å².